The van der Waals surface area contributed by atoms with Crippen molar-refractivity contribution in [1.82, 2.24) is 25.1 Å². The van der Waals surface area contributed by atoms with Gasteiger partial charge in [-0.05, 0) is 37.8 Å². The molecule has 0 radical (unpaired) electrons. The number of aromatic amines is 1. The minimum Gasteiger partial charge on any atom is -0.367 e. The Balaban J connectivity index is 1.38. The number of pyridine rings is 2. The lowest BCUT2D eigenvalue weighted by Crippen LogP contribution is -2.47. The van der Waals surface area contributed by atoms with Crippen molar-refractivity contribution in [3.8, 4) is 6.07 Å². The van der Waals surface area contributed by atoms with E-state index in [1.807, 2.05) is 18.2 Å². The van der Waals surface area contributed by atoms with Crippen molar-refractivity contribution in [2.24, 2.45) is 0 Å². The van der Waals surface area contributed by atoms with Gasteiger partial charge in [0.2, 0.25) is 0 Å². The number of hydrogen-bond donors (Lipinski definition) is 3. The molecule has 5 rings (SSSR count). The van der Waals surface area contributed by atoms with Crippen LogP contribution in [0.25, 0.3) is 10.9 Å². The molecule has 3 aromatic heterocycles. The van der Waals surface area contributed by atoms with Crippen LogP contribution < -0.4 is 10.6 Å². The number of nitrogens with zero attached hydrogens (tertiary/aromatic N) is 5. The third-order valence-electron chi connectivity index (χ3n) is 6.06. The van der Waals surface area contributed by atoms with E-state index in [0.717, 1.165) is 47.7 Å². The molecule has 2 fully saturated rings. The summed E-state index contributed by atoms with van der Waals surface area (Å²) in [6.45, 7) is 0.896. The minimum atomic E-state index is 0.377. The monoisotopic (exact) mass is 388 g/mol. The lowest BCUT2D eigenvalue weighted by atomic mass is 9.97. The summed E-state index contributed by atoms with van der Waals surface area (Å²) in [7, 11) is 0. The molecule has 2 aliphatic rings. The smallest absolute Gasteiger partial charge is 0.153 e. The van der Waals surface area contributed by atoms with Crippen LogP contribution in [0.15, 0.2) is 36.7 Å². The second-order valence-electron chi connectivity index (χ2n) is 7.85. The molecule has 8 heteroatoms. The molecule has 3 atom stereocenters. The fraction of sp³-hybridized carbons (Fsp3) is 0.429. The predicted molar refractivity (Wildman–Crippen MR) is 112 cm³/mol. The Bertz CT molecular complexity index is 1010. The first kappa shape index (κ1) is 17.9. The summed E-state index contributed by atoms with van der Waals surface area (Å²) in [5, 5.41) is 23.9. The summed E-state index contributed by atoms with van der Waals surface area (Å²) in [6, 6.07) is 11.6. The molecule has 2 aliphatic heterocycles. The van der Waals surface area contributed by atoms with E-state index in [0.29, 0.717) is 24.5 Å². The average molecular weight is 388 g/mol. The largest absolute Gasteiger partial charge is 0.367 e. The minimum absolute atomic E-state index is 0.377. The first-order valence-electron chi connectivity index (χ1n) is 10.2. The van der Waals surface area contributed by atoms with Gasteiger partial charge in [-0.2, -0.15) is 10.4 Å². The highest BCUT2D eigenvalue weighted by atomic mass is 15.2. The molecule has 29 heavy (non-hydrogen) atoms. The van der Waals surface area contributed by atoms with E-state index in [9.17, 15) is 0 Å². The van der Waals surface area contributed by atoms with E-state index < -0.39 is 0 Å². The van der Waals surface area contributed by atoms with Crippen LogP contribution in [0.3, 0.4) is 0 Å². The number of hydrogen-bond acceptors (Lipinski definition) is 7. The van der Waals surface area contributed by atoms with Gasteiger partial charge in [0.05, 0.1) is 11.6 Å². The zero-order valence-corrected chi connectivity index (χ0v) is 16.2. The van der Waals surface area contributed by atoms with Crippen LogP contribution in [0, 0.1) is 11.3 Å². The van der Waals surface area contributed by atoms with Crippen molar-refractivity contribution in [2.75, 3.05) is 17.2 Å². The van der Waals surface area contributed by atoms with Gasteiger partial charge in [0.1, 0.15) is 11.6 Å². The Kier molecular flexibility index (Phi) is 4.74. The van der Waals surface area contributed by atoms with Gasteiger partial charge in [-0.1, -0.05) is 0 Å². The SMILES string of the molecule is N#CCCN1[C@@H]2CC[C@H]1C[C@H](Nc1nc(Nc3cc[nH]n3)cc3ncccc13)C2. The quantitative estimate of drug-likeness (QED) is 0.594. The first-order valence-corrected chi connectivity index (χ1v) is 10.2. The van der Waals surface area contributed by atoms with Gasteiger partial charge >= 0.3 is 0 Å². The van der Waals surface area contributed by atoms with E-state index in [-0.39, 0.29) is 0 Å². The maximum absolute atomic E-state index is 8.94. The van der Waals surface area contributed by atoms with Gasteiger partial charge < -0.3 is 10.6 Å². The van der Waals surface area contributed by atoms with Crippen molar-refractivity contribution in [2.45, 2.75) is 50.2 Å². The Hall–Kier alpha value is -3.18. The first-order chi connectivity index (χ1) is 14.3. The topological polar surface area (TPSA) is 106 Å². The maximum Gasteiger partial charge on any atom is 0.153 e. The number of aromatic nitrogens is 4. The Morgan fingerprint density at radius 1 is 1.21 bits per heavy atom. The highest BCUT2D eigenvalue weighted by molar-refractivity contribution is 5.91. The van der Waals surface area contributed by atoms with Crippen LogP contribution >= 0.6 is 0 Å². The molecular weight excluding hydrogens is 364 g/mol. The summed E-state index contributed by atoms with van der Waals surface area (Å²) in [5.74, 6) is 2.31. The zero-order chi connectivity index (χ0) is 19.6. The average Bonchev–Trinajstić information content (AvgIpc) is 3.32. The highest BCUT2D eigenvalue weighted by Crippen LogP contribution is 2.37. The predicted octanol–water partition coefficient (Wildman–Crippen LogP) is 3.42. The molecular formula is C21H24N8. The lowest BCUT2D eigenvalue weighted by Gasteiger charge is -2.39. The number of anilines is 3. The van der Waals surface area contributed by atoms with Crippen molar-refractivity contribution in [3.63, 3.8) is 0 Å². The second kappa shape index (κ2) is 7.68. The van der Waals surface area contributed by atoms with E-state index >= 15 is 0 Å². The van der Waals surface area contributed by atoms with Gasteiger partial charge in [0.15, 0.2) is 5.82 Å². The Labute approximate surface area is 169 Å². The highest BCUT2D eigenvalue weighted by Gasteiger charge is 2.40. The van der Waals surface area contributed by atoms with E-state index in [4.69, 9.17) is 10.2 Å². The fourth-order valence-electron chi connectivity index (χ4n) is 4.84. The zero-order valence-electron chi connectivity index (χ0n) is 16.2. The van der Waals surface area contributed by atoms with Gasteiger partial charge in [0, 0.05) is 61.0 Å². The summed E-state index contributed by atoms with van der Waals surface area (Å²) in [4.78, 5) is 11.9. The van der Waals surface area contributed by atoms with Gasteiger partial charge in [-0.25, -0.2) is 4.98 Å². The van der Waals surface area contributed by atoms with Gasteiger partial charge in [-0.3, -0.25) is 15.0 Å². The van der Waals surface area contributed by atoms with Gasteiger partial charge in [-0.15, -0.1) is 0 Å². The van der Waals surface area contributed by atoms with E-state index in [1.54, 1.807) is 12.4 Å². The van der Waals surface area contributed by atoms with Crippen molar-refractivity contribution < 1.29 is 0 Å². The molecule has 2 saturated heterocycles. The number of nitriles is 1. The van der Waals surface area contributed by atoms with Crippen LogP contribution in [0.4, 0.5) is 17.5 Å². The maximum atomic E-state index is 8.94. The summed E-state index contributed by atoms with van der Waals surface area (Å²) >= 11 is 0. The number of fused-ring (bicyclic) bond motifs is 3. The molecule has 0 saturated carbocycles. The standard InChI is InChI=1S/C21H24N8/c22-7-2-10-29-15-4-5-16(29)12-14(11-15)25-21-17-3-1-8-23-18(17)13-20(27-21)26-19-6-9-24-28-19/h1,3,6,8-9,13-16H,2,4-5,10-12H2,(H3,24,25,26,27,28)/t14-,15-,16+. The van der Waals surface area contributed by atoms with Crippen LogP contribution in [0.2, 0.25) is 0 Å². The molecule has 0 amide bonds. The second-order valence-corrected chi connectivity index (χ2v) is 7.85. The van der Waals surface area contributed by atoms with E-state index in [2.05, 4.69) is 42.9 Å². The molecule has 3 N–H and O–H groups in total. The van der Waals surface area contributed by atoms with Crippen molar-refractivity contribution >= 4 is 28.4 Å². The fourth-order valence-corrected chi connectivity index (χ4v) is 4.84. The molecule has 148 valence electrons. The molecule has 0 spiro atoms. The molecule has 0 aromatic carbocycles. The van der Waals surface area contributed by atoms with Crippen molar-refractivity contribution in [1.29, 1.82) is 5.26 Å². The third kappa shape index (κ3) is 3.61. The number of H-pyrrole nitrogens is 1. The molecule has 5 heterocycles. The van der Waals surface area contributed by atoms with Crippen LogP contribution in [-0.2, 0) is 0 Å². The molecule has 8 nitrogen and oxygen atoms in total. The lowest BCUT2D eigenvalue weighted by molar-refractivity contribution is 0.136. The van der Waals surface area contributed by atoms with Crippen LogP contribution in [-0.4, -0.2) is 49.7 Å². The van der Waals surface area contributed by atoms with Crippen molar-refractivity contribution in [3.05, 3.63) is 36.7 Å². The molecule has 2 bridgehead atoms. The van der Waals surface area contributed by atoms with Crippen LogP contribution in [0.1, 0.15) is 32.1 Å². The number of nitrogens with one attached hydrogen (secondary N) is 3. The third-order valence-corrected chi connectivity index (χ3v) is 6.06. The Morgan fingerprint density at radius 2 is 2.07 bits per heavy atom. The summed E-state index contributed by atoms with van der Waals surface area (Å²) in [6.07, 6.45) is 8.82. The number of rotatable bonds is 6. The number of piperidine rings is 1. The van der Waals surface area contributed by atoms with E-state index in [1.165, 1.54) is 12.8 Å². The van der Waals surface area contributed by atoms with Crippen LogP contribution in [0.5, 0.6) is 0 Å². The Morgan fingerprint density at radius 3 is 2.83 bits per heavy atom. The molecule has 3 aromatic rings. The normalized spacial score (nSPS) is 23.8. The summed E-state index contributed by atoms with van der Waals surface area (Å²) < 4.78 is 0. The molecule has 0 aliphatic carbocycles. The molecule has 0 unspecified atom stereocenters. The van der Waals surface area contributed by atoms with Gasteiger partial charge in [0.25, 0.3) is 0 Å². The summed E-state index contributed by atoms with van der Waals surface area (Å²) in [5.41, 5.74) is 0.900.